The van der Waals surface area contributed by atoms with Gasteiger partial charge in [0.2, 0.25) is 5.75 Å². The van der Waals surface area contributed by atoms with Crippen molar-refractivity contribution >= 4 is 11.8 Å². The summed E-state index contributed by atoms with van der Waals surface area (Å²) >= 11 is 0. The number of alkyl halides is 3. The molecule has 43 heavy (non-hydrogen) atoms. The molecule has 12 heteroatoms. The standard InChI is InChI=1S/C31H19F9O3/c1-2-3-22(32)28(37)18-8-4-16(5-9-18)17-6-10-19(11-7-17)30(41)42-21-14-23(33)27(24(34)15-21)20-12-25(35)29(26(36)13-20)43-31(38,39)40/h4-15H,2-3H2,1H3. The van der Waals surface area contributed by atoms with Crippen LogP contribution in [-0.4, -0.2) is 12.3 Å². The highest BCUT2D eigenvalue weighted by molar-refractivity contribution is 5.91. The van der Waals surface area contributed by atoms with Gasteiger partial charge in [0.25, 0.3) is 0 Å². The summed E-state index contributed by atoms with van der Waals surface area (Å²) < 4.78 is 131. The molecule has 0 saturated carbocycles. The Labute approximate surface area is 238 Å². The van der Waals surface area contributed by atoms with Crippen LogP contribution in [0.4, 0.5) is 39.5 Å². The smallest absolute Gasteiger partial charge is 0.423 e. The number of carbonyl (C=O) groups is 1. The minimum absolute atomic E-state index is 0.0213. The van der Waals surface area contributed by atoms with E-state index in [-0.39, 0.29) is 29.7 Å². The zero-order valence-corrected chi connectivity index (χ0v) is 22.0. The minimum Gasteiger partial charge on any atom is -0.423 e. The van der Waals surface area contributed by atoms with Crippen LogP contribution in [0.2, 0.25) is 0 Å². The van der Waals surface area contributed by atoms with Crippen LogP contribution in [0.25, 0.3) is 28.1 Å². The van der Waals surface area contributed by atoms with Crippen molar-refractivity contribution in [1.29, 1.82) is 0 Å². The predicted molar refractivity (Wildman–Crippen MR) is 139 cm³/mol. The predicted octanol–water partition coefficient (Wildman–Crippen LogP) is 10.1. The maximum absolute atomic E-state index is 14.8. The zero-order valence-electron chi connectivity index (χ0n) is 22.0. The number of carbonyl (C=O) groups excluding carboxylic acids is 1. The lowest BCUT2D eigenvalue weighted by atomic mass is 10.0. The largest absolute Gasteiger partial charge is 0.573 e. The summed E-state index contributed by atoms with van der Waals surface area (Å²) in [7, 11) is 0. The number of hydrogen-bond donors (Lipinski definition) is 0. The van der Waals surface area contributed by atoms with Crippen LogP contribution >= 0.6 is 0 Å². The summed E-state index contributed by atoms with van der Waals surface area (Å²) in [4.78, 5) is 12.6. The van der Waals surface area contributed by atoms with Crippen molar-refractivity contribution in [2.75, 3.05) is 0 Å². The number of allylic oxidation sites excluding steroid dienone is 1. The third-order valence-electron chi connectivity index (χ3n) is 6.03. The monoisotopic (exact) mass is 610 g/mol. The third-order valence-corrected chi connectivity index (χ3v) is 6.03. The first-order valence-corrected chi connectivity index (χ1v) is 12.5. The van der Waals surface area contributed by atoms with E-state index in [0.29, 0.717) is 29.7 Å². The zero-order chi connectivity index (χ0) is 31.5. The van der Waals surface area contributed by atoms with Crippen molar-refractivity contribution in [3.8, 4) is 33.8 Å². The average molecular weight is 610 g/mol. The molecule has 0 aliphatic heterocycles. The summed E-state index contributed by atoms with van der Waals surface area (Å²) in [6, 6.07) is 13.3. The number of halogens is 9. The Morgan fingerprint density at radius 3 is 1.65 bits per heavy atom. The quantitative estimate of drug-likeness (QED) is 0.113. The van der Waals surface area contributed by atoms with Gasteiger partial charge >= 0.3 is 12.3 Å². The minimum atomic E-state index is -5.41. The van der Waals surface area contributed by atoms with Crippen LogP contribution in [-0.2, 0) is 0 Å². The molecular weight excluding hydrogens is 591 g/mol. The number of ether oxygens (including phenoxy) is 2. The number of rotatable bonds is 8. The molecule has 224 valence electrons. The molecule has 0 fully saturated rings. The van der Waals surface area contributed by atoms with Gasteiger partial charge in [-0.25, -0.2) is 31.1 Å². The maximum Gasteiger partial charge on any atom is 0.573 e. The summed E-state index contributed by atoms with van der Waals surface area (Å²) in [5.41, 5.74) is -0.485. The Hall–Kier alpha value is -4.74. The lowest BCUT2D eigenvalue weighted by molar-refractivity contribution is -0.276. The molecule has 3 nitrogen and oxygen atoms in total. The molecule has 4 rings (SSSR count). The average Bonchev–Trinajstić information content (AvgIpc) is 2.94. The van der Waals surface area contributed by atoms with Gasteiger partial charge in [-0.1, -0.05) is 43.3 Å². The van der Waals surface area contributed by atoms with Gasteiger partial charge in [-0.05, 0) is 47.4 Å². The van der Waals surface area contributed by atoms with Crippen molar-refractivity contribution in [2.24, 2.45) is 0 Å². The molecule has 0 unspecified atom stereocenters. The second-order valence-electron chi connectivity index (χ2n) is 9.09. The first-order chi connectivity index (χ1) is 20.3. The fraction of sp³-hybridized carbons (Fsp3) is 0.129. The molecule has 0 bridgehead atoms. The number of hydrogen-bond acceptors (Lipinski definition) is 3. The van der Waals surface area contributed by atoms with E-state index in [1.54, 1.807) is 19.1 Å². The summed E-state index contributed by atoms with van der Waals surface area (Å²) in [6.07, 6.45) is -4.98. The Morgan fingerprint density at radius 2 is 1.19 bits per heavy atom. The van der Waals surface area contributed by atoms with E-state index in [4.69, 9.17) is 4.74 Å². The van der Waals surface area contributed by atoms with E-state index >= 15 is 0 Å². The molecule has 0 heterocycles. The van der Waals surface area contributed by atoms with Gasteiger partial charge in [0.15, 0.2) is 17.5 Å². The van der Waals surface area contributed by atoms with Crippen LogP contribution in [0.15, 0.2) is 78.6 Å². The van der Waals surface area contributed by atoms with Gasteiger partial charge in [-0.2, -0.15) is 0 Å². The van der Waals surface area contributed by atoms with Crippen LogP contribution in [0.3, 0.4) is 0 Å². The van der Waals surface area contributed by atoms with Gasteiger partial charge in [-0.3, -0.25) is 0 Å². The highest BCUT2D eigenvalue weighted by atomic mass is 19.4. The normalized spacial score (nSPS) is 12.1. The molecule has 0 N–H and O–H groups in total. The molecule has 0 aliphatic carbocycles. The Bertz CT molecular complexity index is 1630. The first kappa shape index (κ1) is 31.2. The lowest BCUT2D eigenvalue weighted by Crippen LogP contribution is -2.19. The van der Waals surface area contributed by atoms with Crippen molar-refractivity contribution in [3.05, 3.63) is 113 Å². The molecule has 0 aliphatic rings. The second-order valence-corrected chi connectivity index (χ2v) is 9.09. The van der Waals surface area contributed by atoms with Crippen molar-refractivity contribution in [3.63, 3.8) is 0 Å². The van der Waals surface area contributed by atoms with E-state index in [9.17, 15) is 44.3 Å². The van der Waals surface area contributed by atoms with Gasteiger partial charge in [0.05, 0.1) is 11.1 Å². The lowest BCUT2D eigenvalue weighted by Gasteiger charge is -2.13. The molecule has 0 saturated heterocycles. The summed E-state index contributed by atoms with van der Waals surface area (Å²) in [5.74, 6) is -11.8. The molecule has 0 radical (unpaired) electrons. The van der Waals surface area contributed by atoms with Gasteiger partial charge in [0.1, 0.15) is 23.2 Å². The van der Waals surface area contributed by atoms with Crippen molar-refractivity contribution in [1.82, 2.24) is 0 Å². The van der Waals surface area contributed by atoms with Crippen LogP contribution in [0, 0.1) is 23.3 Å². The van der Waals surface area contributed by atoms with Crippen LogP contribution < -0.4 is 9.47 Å². The van der Waals surface area contributed by atoms with Gasteiger partial charge < -0.3 is 9.47 Å². The second kappa shape index (κ2) is 12.6. The number of benzene rings is 4. The highest BCUT2D eigenvalue weighted by Crippen LogP contribution is 2.36. The van der Waals surface area contributed by atoms with Gasteiger partial charge in [0, 0.05) is 24.1 Å². The van der Waals surface area contributed by atoms with E-state index in [1.807, 2.05) is 0 Å². The molecular formula is C31H19F9O3. The topological polar surface area (TPSA) is 35.5 Å². The maximum atomic E-state index is 14.8. The van der Waals surface area contributed by atoms with E-state index < -0.39 is 69.9 Å². The Balaban J connectivity index is 1.50. The molecule has 0 amide bonds. The van der Waals surface area contributed by atoms with Gasteiger partial charge in [-0.15, -0.1) is 13.2 Å². The molecule has 0 aromatic heterocycles. The number of esters is 1. The molecule has 0 atom stereocenters. The van der Waals surface area contributed by atoms with E-state index in [1.165, 1.54) is 36.4 Å². The van der Waals surface area contributed by atoms with Crippen LogP contribution in [0.5, 0.6) is 11.5 Å². The fourth-order valence-corrected chi connectivity index (χ4v) is 4.06. The molecule has 4 aromatic rings. The summed E-state index contributed by atoms with van der Waals surface area (Å²) in [5, 5.41) is 0. The first-order valence-electron chi connectivity index (χ1n) is 12.5. The third kappa shape index (κ3) is 7.37. The SMILES string of the molecule is CCCC(F)=C(F)c1ccc(-c2ccc(C(=O)Oc3cc(F)c(-c4cc(F)c(OC(F)(F)F)c(F)c4)c(F)c3)cc2)cc1. The van der Waals surface area contributed by atoms with Crippen LogP contribution in [0.1, 0.15) is 35.7 Å². The highest BCUT2D eigenvalue weighted by Gasteiger charge is 2.34. The fourth-order valence-electron chi connectivity index (χ4n) is 4.06. The summed E-state index contributed by atoms with van der Waals surface area (Å²) in [6.45, 7) is 1.72. The van der Waals surface area contributed by atoms with Crippen molar-refractivity contribution in [2.45, 2.75) is 26.1 Å². The molecule has 4 aromatic carbocycles. The Kier molecular flexibility index (Phi) is 9.17. The van der Waals surface area contributed by atoms with E-state index in [0.717, 1.165) is 0 Å². The molecule has 0 spiro atoms. The van der Waals surface area contributed by atoms with E-state index in [2.05, 4.69) is 4.74 Å². The Morgan fingerprint density at radius 1 is 0.698 bits per heavy atom. The van der Waals surface area contributed by atoms with Crippen molar-refractivity contribution < 1.29 is 53.8 Å².